The second-order valence-electron chi connectivity index (χ2n) is 8.28. The number of pyridine rings is 2. The Morgan fingerprint density at radius 3 is 2.57 bits per heavy atom. The molecule has 0 unspecified atom stereocenters. The van der Waals surface area contributed by atoms with Crippen LogP contribution in [0, 0.1) is 28.6 Å². The van der Waals surface area contributed by atoms with Gasteiger partial charge < -0.3 is 15.5 Å². The maximum absolute atomic E-state index is 13.0. The summed E-state index contributed by atoms with van der Waals surface area (Å²) in [7, 11) is 0. The normalized spacial score (nSPS) is 23.2. The van der Waals surface area contributed by atoms with Gasteiger partial charge in [0.2, 0.25) is 11.8 Å². The molecular weight excluding hydrogens is 380 g/mol. The van der Waals surface area contributed by atoms with E-state index in [4.69, 9.17) is 0 Å². The van der Waals surface area contributed by atoms with E-state index in [1.54, 1.807) is 41.6 Å². The number of carbonyl (C=O) groups excluding carboxylic acids is 2. The fourth-order valence-electron chi connectivity index (χ4n) is 4.09. The monoisotopic (exact) mass is 402 g/mol. The molecule has 0 aromatic carbocycles. The Kier molecular flexibility index (Phi) is 4.39. The summed E-state index contributed by atoms with van der Waals surface area (Å²) in [6, 6.07) is 9.38. The highest BCUT2D eigenvalue weighted by atomic mass is 16.2. The molecule has 2 aromatic heterocycles. The van der Waals surface area contributed by atoms with Gasteiger partial charge in [0.25, 0.3) is 0 Å². The van der Waals surface area contributed by atoms with Gasteiger partial charge in [-0.05, 0) is 50.2 Å². The molecule has 5 rings (SSSR count). The summed E-state index contributed by atoms with van der Waals surface area (Å²) < 4.78 is 0. The third kappa shape index (κ3) is 3.36. The summed E-state index contributed by atoms with van der Waals surface area (Å²) in [6.45, 7) is 0.535. The van der Waals surface area contributed by atoms with E-state index in [0.717, 1.165) is 25.7 Å². The zero-order valence-corrected chi connectivity index (χ0v) is 16.5. The van der Waals surface area contributed by atoms with Crippen molar-refractivity contribution in [3.63, 3.8) is 0 Å². The van der Waals surface area contributed by atoms with E-state index >= 15 is 0 Å². The number of hydrogen-bond donors (Lipinski definition) is 2. The first-order valence-electron chi connectivity index (χ1n) is 10.3. The Labute approximate surface area is 174 Å². The van der Waals surface area contributed by atoms with E-state index in [0.29, 0.717) is 36.0 Å². The molecule has 1 saturated heterocycles. The second-order valence-corrected chi connectivity index (χ2v) is 8.28. The molecule has 8 heteroatoms. The maximum atomic E-state index is 13.0. The van der Waals surface area contributed by atoms with E-state index in [-0.39, 0.29) is 23.7 Å². The standard InChI is InChI=1S/C22H22N6O2/c23-13-22(15-3-4-15)7-10-28(21(22)30)17-6-9-25-19(12-17)27-18-11-16(5-8-24-18)26-20(29)14-1-2-14/h5-6,8-9,11-12,14-15H,1-4,7,10H2,(H2,24,25,26,27,29)/t22-/m1/s1. The van der Waals surface area contributed by atoms with Crippen molar-refractivity contribution in [1.82, 2.24) is 9.97 Å². The minimum absolute atomic E-state index is 0.0384. The Morgan fingerprint density at radius 2 is 1.87 bits per heavy atom. The van der Waals surface area contributed by atoms with Crippen molar-refractivity contribution in [3.05, 3.63) is 36.7 Å². The first-order chi connectivity index (χ1) is 14.6. The number of amides is 2. The van der Waals surface area contributed by atoms with Crippen LogP contribution < -0.4 is 15.5 Å². The Hall–Kier alpha value is -3.47. The number of nitriles is 1. The first kappa shape index (κ1) is 18.6. The van der Waals surface area contributed by atoms with E-state index < -0.39 is 5.41 Å². The lowest BCUT2D eigenvalue weighted by molar-refractivity contribution is -0.123. The predicted octanol–water partition coefficient (Wildman–Crippen LogP) is 3.23. The molecule has 0 spiro atoms. The van der Waals surface area contributed by atoms with Gasteiger partial charge in [0, 0.05) is 48.4 Å². The van der Waals surface area contributed by atoms with Gasteiger partial charge in [-0.1, -0.05) is 0 Å². The van der Waals surface area contributed by atoms with Crippen LogP contribution in [0.25, 0.3) is 0 Å². The molecule has 8 nitrogen and oxygen atoms in total. The highest BCUT2D eigenvalue weighted by molar-refractivity contribution is 6.02. The maximum Gasteiger partial charge on any atom is 0.247 e. The van der Waals surface area contributed by atoms with Crippen LogP contribution in [-0.4, -0.2) is 28.3 Å². The third-order valence-electron chi connectivity index (χ3n) is 6.12. The zero-order valence-electron chi connectivity index (χ0n) is 16.5. The molecule has 2 aliphatic carbocycles. The second kappa shape index (κ2) is 7.10. The largest absolute Gasteiger partial charge is 0.326 e. The van der Waals surface area contributed by atoms with Crippen LogP contribution in [-0.2, 0) is 9.59 Å². The summed E-state index contributed by atoms with van der Waals surface area (Å²) in [5, 5.41) is 15.7. The molecule has 1 atom stereocenters. The van der Waals surface area contributed by atoms with Gasteiger partial charge in [-0.3, -0.25) is 9.59 Å². The Balaban J connectivity index is 1.32. The Morgan fingerprint density at radius 1 is 1.13 bits per heavy atom. The first-order valence-corrected chi connectivity index (χ1v) is 10.3. The van der Waals surface area contributed by atoms with Crippen LogP contribution in [0.15, 0.2) is 36.7 Å². The molecule has 3 heterocycles. The number of nitrogens with zero attached hydrogens (tertiary/aromatic N) is 4. The van der Waals surface area contributed by atoms with Gasteiger partial charge in [0.15, 0.2) is 0 Å². The average Bonchev–Trinajstić information content (AvgIpc) is 3.66. The predicted molar refractivity (Wildman–Crippen MR) is 111 cm³/mol. The van der Waals surface area contributed by atoms with Crippen molar-refractivity contribution in [2.24, 2.45) is 17.3 Å². The van der Waals surface area contributed by atoms with Crippen LogP contribution in [0.5, 0.6) is 0 Å². The fraction of sp³-hybridized carbons (Fsp3) is 0.409. The van der Waals surface area contributed by atoms with Crippen molar-refractivity contribution in [1.29, 1.82) is 5.26 Å². The lowest BCUT2D eigenvalue weighted by atomic mass is 9.83. The summed E-state index contributed by atoms with van der Waals surface area (Å²) in [5.41, 5.74) is 0.527. The minimum Gasteiger partial charge on any atom is -0.326 e. The summed E-state index contributed by atoms with van der Waals surface area (Å²) in [5.74, 6) is 1.34. The SMILES string of the molecule is N#C[C@@]1(C2CC2)CCN(c2ccnc(Nc3cc(NC(=O)C4CC4)ccn3)c2)C1=O. The van der Waals surface area contributed by atoms with Gasteiger partial charge in [0.1, 0.15) is 17.1 Å². The molecule has 30 heavy (non-hydrogen) atoms. The van der Waals surface area contributed by atoms with E-state index in [1.165, 1.54) is 0 Å². The molecule has 0 radical (unpaired) electrons. The summed E-state index contributed by atoms with van der Waals surface area (Å²) in [4.78, 5) is 35.3. The number of anilines is 4. The molecule has 1 aliphatic heterocycles. The third-order valence-corrected chi connectivity index (χ3v) is 6.12. The van der Waals surface area contributed by atoms with Crippen molar-refractivity contribution < 1.29 is 9.59 Å². The molecule has 3 aliphatic rings. The lowest BCUT2D eigenvalue weighted by Crippen LogP contribution is -2.35. The summed E-state index contributed by atoms with van der Waals surface area (Å²) in [6.07, 6.45) is 7.62. The minimum atomic E-state index is -0.869. The smallest absolute Gasteiger partial charge is 0.247 e. The fourth-order valence-corrected chi connectivity index (χ4v) is 4.09. The quantitative estimate of drug-likeness (QED) is 0.767. The van der Waals surface area contributed by atoms with Crippen LogP contribution in [0.3, 0.4) is 0 Å². The van der Waals surface area contributed by atoms with E-state index in [9.17, 15) is 14.9 Å². The van der Waals surface area contributed by atoms with Gasteiger partial charge in [-0.2, -0.15) is 5.26 Å². The lowest BCUT2D eigenvalue weighted by Gasteiger charge is -2.21. The molecule has 2 saturated carbocycles. The van der Waals surface area contributed by atoms with Gasteiger partial charge in [-0.15, -0.1) is 0 Å². The molecule has 3 fully saturated rings. The van der Waals surface area contributed by atoms with E-state index in [1.807, 2.05) is 0 Å². The molecule has 0 bridgehead atoms. The molecule has 2 aromatic rings. The average molecular weight is 402 g/mol. The molecule has 2 amide bonds. The number of rotatable bonds is 6. The van der Waals surface area contributed by atoms with Crippen molar-refractivity contribution in [2.75, 3.05) is 22.1 Å². The number of hydrogen-bond acceptors (Lipinski definition) is 6. The van der Waals surface area contributed by atoms with Crippen molar-refractivity contribution in [3.8, 4) is 6.07 Å². The topological polar surface area (TPSA) is 111 Å². The number of nitrogens with one attached hydrogen (secondary N) is 2. The van der Waals surface area contributed by atoms with Crippen LogP contribution in [0.4, 0.5) is 23.0 Å². The molecule has 152 valence electrons. The van der Waals surface area contributed by atoms with Gasteiger partial charge in [0.05, 0.1) is 6.07 Å². The molecular formula is C22H22N6O2. The van der Waals surface area contributed by atoms with Crippen LogP contribution in [0.1, 0.15) is 32.1 Å². The number of aromatic nitrogens is 2. The van der Waals surface area contributed by atoms with Gasteiger partial charge in [-0.25, -0.2) is 9.97 Å². The molecule has 2 N–H and O–H groups in total. The van der Waals surface area contributed by atoms with E-state index in [2.05, 4.69) is 26.7 Å². The van der Waals surface area contributed by atoms with Gasteiger partial charge >= 0.3 is 0 Å². The Bertz CT molecular complexity index is 1060. The van der Waals surface area contributed by atoms with Crippen LogP contribution >= 0.6 is 0 Å². The van der Waals surface area contributed by atoms with Crippen LogP contribution in [0.2, 0.25) is 0 Å². The summed E-state index contributed by atoms with van der Waals surface area (Å²) >= 11 is 0. The zero-order chi connectivity index (χ0) is 20.7. The highest BCUT2D eigenvalue weighted by Gasteiger charge is 2.56. The highest BCUT2D eigenvalue weighted by Crippen LogP contribution is 2.51. The van der Waals surface area contributed by atoms with Crippen molar-refractivity contribution in [2.45, 2.75) is 32.1 Å². The van der Waals surface area contributed by atoms with Crippen molar-refractivity contribution >= 4 is 34.8 Å². The number of carbonyl (C=O) groups is 2.